The summed E-state index contributed by atoms with van der Waals surface area (Å²) in [6, 6.07) is 5.53. The van der Waals surface area contributed by atoms with Gasteiger partial charge in [0, 0.05) is 13.0 Å². The van der Waals surface area contributed by atoms with E-state index in [0.717, 1.165) is 5.56 Å². The van der Waals surface area contributed by atoms with E-state index in [1.165, 1.54) is 20.5 Å². The molecule has 0 bridgehead atoms. The second kappa shape index (κ2) is 9.80. The Labute approximate surface area is 171 Å². The van der Waals surface area contributed by atoms with E-state index >= 15 is 0 Å². The molecule has 0 unspecified atom stereocenters. The molecule has 3 atom stereocenters. The van der Waals surface area contributed by atoms with Gasteiger partial charge in [-0.2, -0.15) is 0 Å². The van der Waals surface area contributed by atoms with Crippen molar-refractivity contribution in [3.63, 3.8) is 0 Å². The van der Waals surface area contributed by atoms with Crippen LogP contribution in [0.4, 0.5) is 0 Å². The fourth-order valence-corrected chi connectivity index (χ4v) is 2.97. The molecule has 0 fully saturated rings. The van der Waals surface area contributed by atoms with Gasteiger partial charge >= 0.3 is 5.97 Å². The summed E-state index contributed by atoms with van der Waals surface area (Å²) in [5.41, 5.74) is 0.474. The Morgan fingerprint density at radius 1 is 1.28 bits per heavy atom. The monoisotopic (exact) mass is 406 g/mol. The summed E-state index contributed by atoms with van der Waals surface area (Å²) in [5.74, 6) is 0.383. The molecule has 0 aliphatic carbocycles. The number of carbonyl (C=O) groups is 1. The van der Waals surface area contributed by atoms with E-state index in [4.69, 9.17) is 23.7 Å². The first-order chi connectivity index (χ1) is 13.7. The number of fused-ring (bicyclic) bond motifs is 1. The Hall–Kier alpha value is -2.51. The number of esters is 1. The predicted octanol–water partition coefficient (Wildman–Crippen LogP) is 2.96. The van der Waals surface area contributed by atoms with Crippen molar-refractivity contribution in [3.05, 3.63) is 41.7 Å². The lowest BCUT2D eigenvalue weighted by Gasteiger charge is -2.28. The zero-order valence-electron chi connectivity index (χ0n) is 17.8. The molecule has 1 aromatic rings. The maximum Gasteiger partial charge on any atom is 0.337 e. The van der Waals surface area contributed by atoms with Crippen molar-refractivity contribution in [2.75, 3.05) is 27.9 Å². The molecule has 0 amide bonds. The lowest BCUT2D eigenvalue weighted by molar-refractivity contribution is -0.137. The zero-order valence-corrected chi connectivity index (χ0v) is 17.8. The Kier molecular flexibility index (Phi) is 7.70. The second-order valence-electron chi connectivity index (χ2n) is 7.39. The second-order valence-corrected chi connectivity index (χ2v) is 7.39. The van der Waals surface area contributed by atoms with E-state index in [2.05, 4.69) is 0 Å². The van der Waals surface area contributed by atoms with Crippen LogP contribution in [-0.4, -0.2) is 56.8 Å². The normalized spacial score (nSPS) is 20.7. The lowest BCUT2D eigenvalue weighted by Crippen LogP contribution is -2.43. The Bertz CT molecular complexity index is 766. The topological polar surface area (TPSA) is 83.5 Å². The molecular formula is C22H30O7. The standard InChI is InChI=1S/C22H30O7/c1-14(16(12-25-4)21(24)27-6)17(26-5)9-7-15-8-10-18-19(11-15)29-22(2,3)20(23)13-28-18/h7-12,14,17,20,23H,13H2,1-6H3/b9-7+,16-12+/t14-,17-,20-/m0/s1. The SMILES string of the molecule is CO/C=C(/C(=O)OC)[C@H](C)[C@H](/C=C/c1ccc2c(c1)OC(C)(C)[C@@H](O)CO2)OC. The van der Waals surface area contributed by atoms with Gasteiger partial charge in [0.2, 0.25) is 0 Å². The van der Waals surface area contributed by atoms with Crippen LogP contribution in [0, 0.1) is 5.92 Å². The molecule has 29 heavy (non-hydrogen) atoms. The van der Waals surface area contributed by atoms with Crippen molar-refractivity contribution in [3.8, 4) is 11.5 Å². The van der Waals surface area contributed by atoms with Gasteiger partial charge in [0.25, 0.3) is 0 Å². The molecule has 2 rings (SSSR count). The Morgan fingerprint density at radius 3 is 2.62 bits per heavy atom. The minimum absolute atomic E-state index is 0.167. The van der Waals surface area contributed by atoms with Gasteiger partial charge in [0.15, 0.2) is 11.5 Å². The van der Waals surface area contributed by atoms with Gasteiger partial charge in [-0.1, -0.05) is 25.1 Å². The first kappa shape index (κ1) is 22.8. The minimum Gasteiger partial charge on any atom is -0.504 e. The van der Waals surface area contributed by atoms with Crippen molar-refractivity contribution < 1.29 is 33.6 Å². The molecule has 160 valence electrons. The van der Waals surface area contributed by atoms with E-state index in [0.29, 0.717) is 17.1 Å². The van der Waals surface area contributed by atoms with Crippen molar-refractivity contribution in [1.82, 2.24) is 0 Å². The largest absolute Gasteiger partial charge is 0.504 e. The molecule has 0 saturated heterocycles. The highest BCUT2D eigenvalue weighted by atomic mass is 16.6. The van der Waals surface area contributed by atoms with Crippen LogP contribution in [0.3, 0.4) is 0 Å². The molecule has 7 heteroatoms. The Morgan fingerprint density at radius 2 is 2.00 bits per heavy atom. The number of rotatable bonds is 7. The van der Waals surface area contributed by atoms with Crippen LogP contribution in [0.1, 0.15) is 26.3 Å². The zero-order chi connectivity index (χ0) is 21.6. The van der Waals surface area contributed by atoms with Crippen molar-refractivity contribution >= 4 is 12.0 Å². The number of benzene rings is 1. The van der Waals surface area contributed by atoms with Crippen LogP contribution in [0.25, 0.3) is 6.08 Å². The maximum atomic E-state index is 12.0. The van der Waals surface area contributed by atoms with Crippen molar-refractivity contribution in [2.24, 2.45) is 5.92 Å². The molecule has 0 aromatic heterocycles. The molecule has 1 aromatic carbocycles. The summed E-state index contributed by atoms with van der Waals surface area (Å²) < 4.78 is 27.0. The van der Waals surface area contributed by atoms with Gasteiger partial charge in [-0.05, 0) is 31.5 Å². The van der Waals surface area contributed by atoms with Crippen LogP contribution in [0.2, 0.25) is 0 Å². The molecule has 0 radical (unpaired) electrons. The van der Waals surface area contributed by atoms with Crippen LogP contribution >= 0.6 is 0 Å². The lowest BCUT2D eigenvalue weighted by atomic mass is 9.95. The van der Waals surface area contributed by atoms with Crippen LogP contribution in [-0.2, 0) is 19.0 Å². The van der Waals surface area contributed by atoms with E-state index in [1.807, 2.05) is 45.1 Å². The summed E-state index contributed by atoms with van der Waals surface area (Å²) in [7, 11) is 4.38. The first-order valence-electron chi connectivity index (χ1n) is 9.39. The van der Waals surface area contributed by atoms with Gasteiger partial charge in [-0.15, -0.1) is 0 Å². The average molecular weight is 406 g/mol. The van der Waals surface area contributed by atoms with Gasteiger partial charge in [-0.3, -0.25) is 0 Å². The van der Waals surface area contributed by atoms with Gasteiger partial charge in [0.05, 0.1) is 32.2 Å². The Balaban J connectivity index is 2.24. The van der Waals surface area contributed by atoms with E-state index < -0.39 is 17.7 Å². The molecule has 1 heterocycles. The third-order valence-corrected chi connectivity index (χ3v) is 4.94. The molecular weight excluding hydrogens is 376 g/mol. The minimum atomic E-state index is -0.766. The van der Waals surface area contributed by atoms with E-state index in [-0.39, 0.29) is 18.6 Å². The van der Waals surface area contributed by atoms with Crippen LogP contribution in [0.15, 0.2) is 36.1 Å². The first-order valence-corrected chi connectivity index (χ1v) is 9.39. The molecule has 1 aliphatic rings. The molecule has 7 nitrogen and oxygen atoms in total. The summed E-state index contributed by atoms with van der Waals surface area (Å²) in [4.78, 5) is 12.0. The van der Waals surface area contributed by atoms with Crippen molar-refractivity contribution in [2.45, 2.75) is 38.6 Å². The number of aliphatic hydroxyl groups is 1. The highest BCUT2D eigenvalue weighted by Gasteiger charge is 2.34. The quantitative estimate of drug-likeness (QED) is 0.423. The van der Waals surface area contributed by atoms with Crippen LogP contribution < -0.4 is 9.47 Å². The van der Waals surface area contributed by atoms with E-state index in [1.54, 1.807) is 13.2 Å². The third kappa shape index (κ3) is 5.52. The molecule has 0 saturated carbocycles. The van der Waals surface area contributed by atoms with Gasteiger partial charge < -0.3 is 28.8 Å². The molecule has 0 spiro atoms. The van der Waals surface area contributed by atoms with Crippen molar-refractivity contribution in [1.29, 1.82) is 0 Å². The van der Waals surface area contributed by atoms with E-state index in [9.17, 15) is 9.90 Å². The fourth-order valence-electron chi connectivity index (χ4n) is 2.97. The summed E-state index contributed by atoms with van der Waals surface area (Å²) >= 11 is 0. The number of ether oxygens (including phenoxy) is 5. The van der Waals surface area contributed by atoms with Crippen LogP contribution in [0.5, 0.6) is 11.5 Å². The fraction of sp³-hybridized carbons (Fsp3) is 0.500. The molecule has 1 aliphatic heterocycles. The number of methoxy groups -OCH3 is 3. The highest BCUT2D eigenvalue weighted by Crippen LogP contribution is 2.36. The molecule has 1 N–H and O–H groups in total. The summed E-state index contributed by atoms with van der Waals surface area (Å²) in [6.07, 6.45) is 3.99. The third-order valence-electron chi connectivity index (χ3n) is 4.94. The highest BCUT2D eigenvalue weighted by molar-refractivity contribution is 5.88. The smallest absolute Gasteiger partial charge is 0.337 e. The number of carbonyl (C=O) groups excluding carboxylic acids is 1. The van der Waals surface area contributed by atoms with Gasteiger partial charge in [-0.25, -0.2) is 4.79 Å². The predicted molar refractivity (Wildman–Crippen MR) is 109 cm³/mol. The van der Waals surface area contributed by atoms with Gasteiger partial charge in [0.1, 0.15) is 18.3 Å². The average Bonchev–Trinajstić information content (AvgIpc) is 2.81. The maximum absolute atomic E-state index is 12.0. The summed E-state index contributed by atoms with van der Waals surface area (Å²) in [6.45, 7) is 5.66. The number of hydrogen-bond donors (Lipinski definition) is 1. The number of aliphatic hydroxyl groups excluding tert-OH is 1. The number of hydrogen-bond acceptors (Lipinski definition) is 7. The summed E-state index contributed by atoms with van der Waals surface area (Å²) in [5, 5.41) is 10.2.